The zero-order chi connectivity index (χ0) is 34.5. The number of aliphatic carboxylic acids is 1. The van der Waals surface area contributed by atoms with Gasteiger partial charge in [0.1, 0.15) is 17.2 Å². The molecule has 4 rings (SSSR count). The number of carboxylic acid groups (broad SMARTS) is 1. The Labute approximate surface area is 262 Å². The molecule has 2 fully saturated rings. The van der Waals surface area contributed by atoms with Gasteiger partial charge in [0.25, 0.3) is 0 Å². The van der Waals surface area contributed by atoms with Crippen LogP contribution in [0.3, 0.4) is 0 Å². The first-order valence-electron chi connectivity index (χ1n) is 15.0. The summed E-state index contributed by atoms with van der Waals surface area (Å²) in [4.78, 5) is 41.8. The van der Waals surface area contributed by atoms with Crippen molar-refractivity contribution in [3.05, 3.63) is 29.7 Å². The Kier molecular flexibility index (Phi) is 9.27. The number of aromatic nitrogens is 3. The SMILES string of the molecule is CC(C)(C)OC(=O)N[C@H](c1cn2ncc([C@H]3C[C@]3(C[C@H](NC(=O)OC(C)(C)C)C(F)(F)F)C(=O)O)cc2n1)C1CCC(F)(F)CC1. The maximum atomic E-state index is 14.0. The number of fused-ring (bicyclic) bond motifs is 1. The maximum Gasteiger partial charge on any atom is 0.408 e. The molecule has 2 aliphatic carbocycles. The lowest BCUT2D eigenvalue weighted by atomic mass is 9.81. The number of ether oxygens (including phenoxy) is 2. The fraction of sp³-hybridized carbons (Fsp3) is 0.700. The van der Waals surface area contributed by atoms with Gasteiger partial charge in [0.05, 0.1) is 29.5 Å². The minimum atomic E-state index is -4.95. The number of nitrogens with zero attached hydrogens (tertiary/aromatic N) is 3. The number of carbonyl (C=O) groups excluding carboxylic acids is 2. The van der Waals surface area contributed by atoms with Gasteiger partial charge in [0.15, 0.2) is 5.65 Å². The number of carbonyl (C=O) groups is 3. The van der Waals surface area contributed by atoms with Crippen LogP contribution in [0.15, 0.2) is 18.5 Å². The second kappa shape index (κ2) is 12.1. The topological polar surface area (TPSA) is 144 Å². The van der Waals surface area contributed by atoms with Gasteiger partial charge in [0.2, 0.25) is 5.92 Å². The molecule has 16 heteroatoms. The predicted octanol–water partition coefficient (Wildman–Crippen LogP) is 6.52. The van der Waals surface area contributed by atoms with Crippen molar-refractivity contribution >= 4 is 23.8 Å². The van der Waals surface area contributed by atoms with Gasteiger partial charge >= 0.3 is 24.3 Å². The maximum absolute atomic E-state index is 14.0. The smallest absolute Gasteiger partial charge is 0.408 e. The van der Waals surface area contributed by atoms with Crippen LogP contribution in [-0.4, -0.2) is 67.2 Å². The number of carboxylic acids is 1. The van der Waals surface area contributed by atoms with E-state index < -0.39 is 77.2 Å². The van der Waals surface area contributed by atoms with Crippen molar-refractivity contribution in [3.8, 4) is 0 Å². The number of rotatable bonds is 8. The molecule has 0 radical (unpaired) electrons. The zero-order valence-electron chi connectivity index (χ0n) is 26.5. The van der Waals surface area contributed by atoms with Crippen molar-refractivity contribution < 1.29 is 50.9 Å². The summed E-state index contributed by atoms with van der Waals surface area (Å²) in [6, 6.07) is -1.79. The van der Waals surface area contributed by atoms with E-state index in [-0.39, 0.29) is 37.8 Å². The largest absolute Gasteiger partial charge is 0.481 e. The highest BCUT2D eigenvalue weighted by atomic mass is 19.4. The number of imidazole rings is 1. The molecular formula is C30H40F5N5O6. The molecule has 0 spiro atoms. The number of halogens is 5. The molecule has 2 saturated carbocycles. The molecule has 0 saturated heterocycles. The number of amides is 2. The van der Waals surface area contributed by atoms with E-state index in [0.29, 0.717) is 11.3 Å². The van der Waals surface area contributed by atoms with Gasteiger partial charge in [-0.25, -0.2) is 27.9 Å². The third-order valence-electron chi connectivity index (χ3n) is 8.14. The molecule has 11 nitrogen and oxygen atoms in total. The lowest BCUT2D eigenvalue weighted by Gasteiger charge is -2.33. The van der Waals surface area contributed by atoms with Crippen LogP contribution in [0.4, 0.5) is 31.5 Å². The predicted molar refractivity (Wildman–Crippen MR) is 153 cm³/mol. The van der Waals surface area contributed by atoms with Gasteiger partial charge < -0.3 is 25.2 Å². The lowest BCUT2D eigenvalue weighted by molar-refractivity contribution is -0.164. The van der Waals surface area contributed by atoms with Gasteiger partial charge in [-0.15, -0.1) is 0 Å². The summed E-state index contributed by atoms with van der Waals surface area (Å²) in [5.74, 6) is -5.53. The summed E-state index contributed by atoms with van der Waals surface area (Å²) in [6.45, 7) is 9.49. The van der Waals surface area contributed by atoms with Crippen LogP contribution in [0.5, 0.6) is 0 Å². The molecule has 2 heterocycles. The zero-order valence-corrected chi connectivity index (χ0v) is 26.5. The number of alkyl carbamates (subject to hydrolysis) is 2. The Bertz CT molecular complexity index is 1460. The van der Waals surface area contributed by atoms with E-state index in [2.05, 4.69) is 15.4 Å². The molecule has 0 aromatic carbocycles. The van der Waals surface area contributed by atoms with Gasteiger partial charge in [-0.1, -0.05) is 0 Å². The van der Waals surface area contributed by atoms with Crippen molar-refractivity contribution in [1.29, 1.82) is 0 Å². The van der Waals surface area contributed by atoms with Crippen LogP contribution in [0.1, 0.15) is 103 Å². The quantitative estimate of drug-likeness (QED) is 0.271. The first-order chi connectivity index (χ1) is 21.0. The van der Waals surface area contributed by atoms with Crippen molar-refractivity contribution in [1.82, 2.24) is 25.2 Å². The molecule has 2 aromatic rings. The Morgan fingerprint density at radius 3 is 2.11 bits per heavy atom. The molecule has 2 aromatic heterocycles. The monoisotopic (exact) mass is 661 g/mol. The van der Waals surface area contributed by atoms with Gasteiger partial charge in [0, 0.05) is 18.8 Å². The fourth-order valence-corrected chi connectivity index (χ4v) is 5.87. The van der Waals surface area contributed by atoms with Crippen molar-refractivity contribution in [3.63, 3.8) is 0 Å². The lowest BCUT2D eigenvalue weighted by Crippen LogP contribution is -2.49. The van der Waals surface area contributed by atoms with E-state index >= 15 is 0 Å². The van der Waals surface area contributed by atoms with E-state index in [1.165, 1.54) is 43.7 Å². The molecule has 3 N–H and O–H groups in total. The molecular weight excluding hydrogens is 621 g/mol. The first kappa shape index (κ1) is 35.1. The molecule has 46 heavy (non-hydrogen) atoms. The Morgan fingerprint density at radius 2 is 1.59 bits per heavy atom. The summed E-state index contributed by atoms with van der Waals surface area (Å²) in [5.41, 5.74) is -2.89. The molecule has 2 amide bonds. The second-order valence-corrected chi connectivity index (χ2v) is 14.2. The highest BCUT2D eigenvalue weighted by molar-refractivity contribution is 5.81. The minimum absolute atomic E-state index is 0.112. The van der Waals surface area contributed by atoms with Crippen molar-refractivity contribution in [2.75, 3.05) is 0 Å². The molecule has 0 unspecified atom stereocenters. The number of hydrogen-bond acceptors (Lipinski definition) is 7. The molecule has 4 atom stereocenters. The summed E-state index contributed by atoms with van der Waals surface area (Å²) in [6.07, 6.45) is -5.77. The number of alkyl halides is 5. The van der Waals surface area contributed by atoms with Crippen LogP contribution in [0.2, 0.25) is 0 Å². The Hall–Kier alpha value is -3.72. The average molecular weight is 662 g/mol. The van der Waals surface area contributed by atoms with E-state index in [1.807, 2.05) is 0 Å². The molecule has 2 aliphatic rings. The summed E-state index contributed by atoms with van der Waals surface area (Å²) in [7, 11) is 0. The van der Waals surface area contributed by atoms with E-state index in [1.54, 1.807) is 26.1 Å². The molecule has 0 bridgehead atoms. The number of hydrogen-bond donors (Lipinski definition) is 3. The van der Waals surface area contributed by atoms with Gasteiger partial charge in [-0.2, -0.15) is 18.3 Å². The van der Waals surface area contributed by atoms with Crippen molar-refractivity contribution in [2.45, 2.75) is 121 Å². The highest BCUT2D eigenvalue weighted by Crippen LogP contribution is 2.63. The highest BCUT2D eigenvalue weighted by Gasteiger charge is 2.64. The standard InChI is InChI=1S/C30H40F5N5O6/c1-26(2,3)45-24(43)38-20(30(33,34)35)13-28(23(41)42)12-18(28)17-11-21-37-19(15-40(21)36-14-17)22(39-25(44)46-27(4,5)6)16-7-9-29(31,32)10-8-16/h11,14-16,18,20,22H,7-10,12-13H2,1-6H3,(H,38,43)(H,39,44)(H,41,42)/t18-,20+,22+,28-/m1/s1. The number of nitrogens with one attached hydrogen (secondary N) is 2. The Morgan fingerprint density at radius 1 is 1.02 bits per heavy atom. The molecule has 256 valence electrons. The minimum Gasteiger partial charge on any atom is -0.481 e. The fourth-order valence-electron chi connectivity index (χ4n) is 5.87. The van der Waals surface area contributed by atoms with Crippen LogP contribution < -0.4 is 10.6 Å². The third-order valence-corrected chi connectivity index (χ3v) is 8.14. The van der Waals surface area contributed by atoms with E-state index in [9.17, 15) is 41.4 Å². The summed E-state index contributed by atoms with van der Waals surface area (Å²) >= 11 is 0. The third kappa shape index (κ3) is 8.55. The van der Waals surface area contributed by atoms with Crippen molar-refractivity contribution in [2.24, 2.45) is 11.3 Å². The van der Waals surface area contributed by atoms with Crippen LogP contribution in [0, 0.1) is 11.3 Å². The average Bonchev–Trinajstić information content (AvgIpc) is 3.46. The summed E-state index contributed by atoms with van der Waals surface area (Å²) in [5, 5.41) is 18.9. The van der Waals surface area contributed by atoms with Crippen LogP contribution in [-0.2, 0) is 14.3 Å². The molecule has 0 aliphatic heterocycles. The van der Waals surface area contributed by atoms with Gasteiger partial charge in [-0.3, -0.25) is 4.79 Å². The Balaban J connectivity index is 1.59. The second-order valence-electron chi connectivity index (χ2n) is 14.2. The van der Waals surface area contributed by atoms with E-state index in [4.69, 9.17) is 9.47 Å². The normalized spacial score (nSPS) is 23.3. The van der Waals surface area contributed by atoms with Crippen LogP contribution in [0.25, 0.3) is 5.65 Å². The first-order valence-corrected chi connectivity index (χ1v) is 15.0. The summed E-state index contributed by atoms with van der Waals surface area (Å²) < 4.78 is 81.4. The van der Waals surface area contributed by atoms with E-state index in [0.717, 1.165) is 0 Å². The van der Waals surface area contributed by atoms with Gasteiger partial charge in [-0.05, 0) is 84.8 Å². The van der Waals surface area contributed by atoms with Crippen LogP contribution >= 0.6 is 0 Å².